The summed E-state index contributed by atoms with van der Waals surface area (Å²) in [5.41, 5.74) is 2.44. The molecular weight excluding hydrogens is 278 g/mol. The van der Waals surface area contributed by atoms with E-state index in [4.69, 9.17) is 4.42 Å². The maximum atomic E-state index is 5.69. The summed E-state index contributed by atoms with van der Waals surface area (Å²) in [5, 5.41) is 3.29. The van der Waals surface area contributed by atoms with Gasteiger partial charge in [0, 0.05) is 4.47 Å². The summed E-state index contributed by atoms with van der Waals surface area (Å²) in [4.78, 5) is 0. The number of furan rings is 1. The third kappa shape index (κ3) is 2.61. The Morgan fingerprint density at radius 2 is 1.94 bits per heavy atom. The van der Waals surface area contributed by atoms with Gasteiger partial charge in [-0.3, -0.25) is 0 Å². The first-order valence-electron chi connectivity index (χ1n) is 5.61. The first-order chi connectivity index (χ1) is 8.11. The first kappa shape index (κ1) is 12.4. The van der Waals surface area contributed by atoms with E-state index in [-0.39, 0.29) is 6.04 Å². The zero-order chi connectivity index (χ0) is 12.4. The van der Waals surface area contributed by atoms with E-state index in [0.29, 0.717) is 0 Å². The fraction of sp³-hybridized carbons (Fsp3) is 0.286. The lowest BCUT2D eigenvalue weighted by Gasteiger charge is -2.15. The minimum absolute atomic E-state index is 0.107. The van der Waals surface area contributed by atoms with E-state index in [0.717, 1.165) is 16.0 Å². The molecule has 0 aliphatic heterocycles. The van der Waals surface area contributed by atoms with Crippen molar-refractivity contribution in [3.8, 4) is 0 Å². The van der Waals surface area contributed by atoms with Crippen LogP contribution in [0.3, 0.4) is 0 Å². The number of hydrogen-bond donors (Lipinski definition) is 1. The smallest absolute Gasteiger partial charge is 0.125 e. The van der Waals surface area contributed by atoms with Gasteiger partial charge in [-0.1, -0.05) is 28.1 Å². The van der Waals surface area contributed by atoms with E-state index in [2.05, 4.69) is 46.4 Å². The van der Waals surface area contributed by atoms with Crippen LogP contribution in [-0.2, 0) is 0 Å². The van der Waals surface area contributed by atoms with Crippen LogP contribution in [0, 0.1) is 13.8 Å². The SMILES string of the molecule is CNC(c1ccc(Br)c(C)c1)c1ccc(C)o1. The zero-order valence-electron chi connectivity index (χ0n) is 10.3. The number of aryl methyl sites for hydroxylation is 2. The molecule has 0 saturated heterocycles. The lowest BCUT2D eigenvalue weighted by molar-refractivity contribution is 0.444. The van der Waals surface area contributed by atoms with Crippen molar-refractivity contribution >= 4 is 15.9 Å². The molecule has 1 heterocycles. The van der Waals surface area contributed by atoms with E-state index in [9.17, 15) is 0 Å². The highest BCUT2D eigenvalue weighted by molar-refractivity contribution is 9.10. The fourth-order valence-corrected chi connectivity index (χ4v) is 2.18. The molecule has 17 heavy (non-hydrogen) atoms. The number of rotatable bonds is 3. The number of benzene rings is 1. The lowest BCUT2D eigenvalue weighted by atomic mass is 10.0. The number of nitrogens with one attached hydrogen (secondary N) is 1. The van der Waals surface area contributed by atoms with Crippen LogP contribution in [0.4, 0.5) is 0 Å². The molecule has 1 aromatic heterocycles. The molecule has 90 valence electrons. The summed E-state index contributed by atoms with van der Waals surface area (Å²) in [5.74, 6) is 1.89. The summed E-state index contributed by atoms with van der Waals surface area (Å²) >= 11 is 3.52. The van der Waals surface area contributed by atoms with E-state index >= 15 is 0 Å². The summed E-state index contributed by atoms with van der Waals surface area (Å²) in [6.45, 7) is 4.05. The van der Waals surface area contributed by atoms with Crippen LogP contribution in [0.2, 0.25) is 0 Å². The summed E-state index contributed by atoms with van der Waals surface area (Å²) in [7, 11) is 1.94. The zero-order valence-corrected chi connectivity index (χ0v) is 11.8. The summed E-state index contributed by atoms with van der Waals surface area (Å²) < 4.78 is 6.82. The Bertz CT molecular complexity index is 519. The van der Waals surface area contributed by atoms with Crippen molar-refractivity contribution < 1.29 is 4.42 Å². The standard InChI is InChI=1S/C14H16BrNO/c1-9-8-11(5-6-12(9)15)14(16-3)13-7-4-10(2)17-13/h4-8,14,16H,1-3H3. The van der Waals surface area contributed by atoms with Gasteiger partial charge in [-0.2, -0.15) is 0 Å². The molecule has 0 aliphatic rings. The van der Waals surface area contributed by atoms with Crippen LogP contribution in [0.5, 0.6) is 0 Å². The molecule has 1 unspecified atom stereocenters. The van der Waals surface area contributed by atoms with Gasteiger partial charge in [-0.25, -0.2) is 0 Å². The van der Waals surface area contributed by atoms with Crippen LogP contribution in [0.15, 0.2) is 39.2 Å². The van der Waals surface area contributed by atoms with Crippen LogP contribution >= 0.6 is 15.9 Å². The van der Waals surface area contributed by atoms with E-state index in [1.165, 1.54) is 11.1 Å². The van der Waals surface area contributed by atoms with Crippen molar-refractivity contribution in [1.29, 1.82) is 0 Å². The third-order valence-corrected chi connectivity index (χ3v) is 3.74. The van der Waals surface area contributed by atoms with Gasteiger partial charge in [0.15, 0.2) is 0 Å². The molecule has 1 atom stereocenters. The minimum atomic E-state index is 0.107. The first-order valence-corrected chi connectivity index (χ1v) is 6.40. The maximum Gasteiger partial charge on any atom is 0.125 e. The van der Waals surface area contributed by atoms with E-state index in [1.807, 2.05) is 26.1 Å². The second kappa shape index (κ2) is 5.07. The summed E-state index contributed by atoms with van der Waals surface area (Å²) in [6.07, 6.45) is 0. The predicted molar refractivity (Wildman–Crippen MR) is 73.2 cm³/mol. The van der Waals surface area contributed by atoms with Gasteiger partial charge in [0.25, 0.3) is 0 Å². The normalized spacial score (nSPS) is 12.7. The predicted octanol–water partition coefficient (Wildman–Crippen LogP) is 3.97. The molecule has 0 aliphatic carbocycles. The van der Waals surface area contributed by atoms with Gasteiger partial charge in [0.05, 0.1) is 6.04 Å². The molecule has 0 radical (unpaired) electrons. The molecule has 0 bridgehead atoms. The van der Waals surface area contributed by atoms with Gasteiger partial charge in [-0.15, -0.1) is 0 Å². The van der Waals surface area contributed by atoms with Gasteiger partial charge in [-0.05, 0) is 50.2 Å². The van der Waals surface area contributed by atoms with Crippen molar-refractivity contribution in [2.24, 2.45) is 0 Å². The Balaban J connectivity index is 2.38. The molecule has 2 aromatic rings. The highest BCUT2D eigenvalue weighted by Crippen LogP contribution is 2.26. The van der Waals surface area contributed by atoms with Crippen molar-refractivity contribution in [2.75, 3.05) is 7.05 Å². The van der Waals surface area contributed by atoms with Crippen LogP contribution in [-0.4, -0.2) is 7.05 Å². The van der Waals surface area contributed by atoms with Crippen LogP contribution in [0.1, 0.15) is 28.7 Å². The van der Waals surface area contributed by atoms with Gasteiger partial charge in [0.2, 0.25) is 0 Å². The molecule has 0 fully saturated rings. The molecule has 3 heteroatoms. The van der Waals surface area contributed by atoms with Gasteiger partial charge >= 0.3 is 0 Å². The third-order valence-electron chi connectivity index (χ3n) is 2.85. The Hall–Kier alpha value is -1.06. The van der Waals surface area contributed by atoms with Crippen molar-refractivity contribution in [1.82, 2.24) is 5.32 Å². The molecule has 0 saturated carbocycles. The van der Waals surface area contributed by atoms with Crippen LogP contribution < -0.4 is 5.32 Å². The van der Waals surface area contributed by atoms with E-state index in [1.54, 1.807) is 0 Å². The highest BCUT2D eigenvalue weighted by atomic mass is 79.9. The van der Waals surface area contributed by atoms with E-state index < -0.39 is 0 Å². The topological polar surface area (TPSA) is 25.2 Å². The maximum absolute atomic E-state index is 5.69. The second-order valence-corrected chi connectivity index (χ2v) is 5.03. The Labute approximate surface area is 110 Å². The highest BCUT2D eigenvalue weighted by Gasteiger charge is 2.15. The molecule has 0 amide bonds. The second-order valence-electron chi connectivity index (χ2n) is 4.18. The average Bonchev–Trinajstić information content (AvgIpc) is 2.71. The number of halogens is 1. The lowest BCUT2D eigenvalue weighted by Crippen LogP contribution is -2.17. The van der Waals surface area contributed by atoms with Gasteiger partial charge < -0.3 is 9.73 Å². The molecule has 1 N–H and O–H groups in total. The quantitative estimate of drug-likeness (QED) is 0.926. The molecule has 0 spiro atoms. The Kier molecular flexibility index (Phi) is 3.69. The number of hydrogen-bond acceptors (Lipinski definition) is 2. The Morgan fingerprint density at radius 1 is 1.18 bits per heavy atom. The van der Waals surface area contributed by atoms with Crippen molar-refractivity contribution in [2.45, 2.75) is 19.9 Å². The molecule has 2 rings (SSSR count). The van der Waals surface area contributed by atoms with Crippen molar-refractivity contribution in [3.05, 3.63) is 57.5 Å². The van der Waals surface area contributed by atoms with Gasteiger partial charge in [0.1, 0.15) is 11.5 Å². The molecule has 2 nitrogen and oxygen atoms in total. The Morgan fingerprint density at radius 3 is 2.47 bits per heavy atom. The van der Waals surface area contributed by atoms with Crippen LogP contribution in [0.25, 0.3) is 0 Å². The fourth-order valence-electron chi connectivity index (χ4n) is 1.93. The molecule has 1 aromatic carbocycles. The average molecular weight is 294 g/mol. The minimum Gasteiger partial charge on any atom is -0.464 e. The summed E-state index contributed by atoms with van der Waals surface area (Å²) in [6, 6.07) is 10.5. The van der Waals surface area contributed by atoms with Crippen molar-refractivity contribution in [3.63, 3.8) is 0 Å². The largest absolute Gasteiger partial charge is 0.464 e. The molecular formula is C14H16BrNO. The monoisotopic (exact) mass is 293 g/mol.